The lowest BCUT2D eigenvalue weighted by Crippen LogP contribution is -2.26. The summed E-state index contributed by atoms with van der Waals surface area (Å²) < 4.78 is 38.0. The summed E-state index contributed by atoms with van der Waals surface area (Å²) in [6, 6.07) is 11.8. The van der Waals surface area contributed by atoms with Crippen LogP contribution >= 0.6 is 0 Å². The van der Waals surface area contributed by atoms with Crippen LogP contribution in [0.1, 0.15) is 34.3 Å². The maximum Gasteiger partial charge on any atom is 0.338 e. The van der Waals surface area contributed by atoms with E-state index in [2.05, 4.69) is 4.72 Å². The van der Waals surface area contributed by atoms with Crippen LogP contribution in [0.25, 0.3) is 0 Å². The molecule has 0 amide bonds. The average Bonchev–Trinajstić information content (AvgIpc) is 3.43. The van der Waals surface area contributed by atoms with E-state index >= 15 is 0 Å². The van der Waals surface area contributed by atoms with Gasteiger partial charge in [0.25, 0.3) is 0 Å². The normalized spacial score (nSPS) is 14.1. The summed E-state index contributed by atoms with van der Waals surface area (Å²) in [5.74, 6) is -0.399. The zero-order valence-electron chi connectivity index (χ0n) is 14.7. The monoisotopic (exact) mass is 375 g/mol. The molecule has 1 N–H and O–H groups in total. The summed E-state index contributed by atoms with van der Waals surface area (Å²) in [5.41, 5.74) is 2.14. The van der Waals surface area contributed by atoms with Gasteiger partial charge in [0.1, 0.15) is 17.3 Å². The smallest absolute Gasteiger partial charge is 0.338 e. The summed E-state index contributed by atoms with van der Waals surface area (Å²) in [6.07, 6.45) is 1.64. The van der Waals surface area contributed by atoms with Gasteiger partial charge >= 0.3 is 5.97 Å². The van der Waals surface area contributed by atoms with E-state index in [1.165, 1.54) is 25.3 Å². The van der Waals surface area contributed by atoms with E-state index in [1.807, 2.05) is 31.2 Å². The van der Waals surface area contributed by atoms with Crippen LogP contribution in [0.2, 0.25) is 0 Å². The van der Waals surface area contributed by atoms with Gasteiger partial charge in [-0.25, -0.2) is 17.9 Å². The number of esters is 1. The highest BCUT2D eigenvalue weighted by atomic mass is 32.2. The molecule has 0 aromatic heterocycles. The predicted molar refractivity (Wildman–Crippen MR) is 96.6 cm³/mol. The number of ether oxygens (including phenoxy) is 2. The quantitative estimate of drug-likeness (QED) is 0.753. The number of rotatable bonds is 7. The third-order valence-corrected chi connectivity index (χ3v) is 5.62. The van der Waals surface area contributed by atoms with Crippen LogP contribution in [0, 0.1) is 6.92 Å². The molecule has 0 heterocycles. The van der Waals surface area contributed by atoms with E-state index < -0.39 is 16.0 Å². The van der Waals surface area contributed by atoms with E-state index in [0.717, 1.165) is 24.0 Å². The first-order valence-corrected chi connectivity index (χ1v) is 9.80. The van der Waals surface area contributed by atoms with Crippen molar-refractivity contribution >= 4 is 16.0 Å². The highest BCUT2D eigenvalue weighted by molar-refractivity contribution is 7.89. The summed E-state index contributed by atoms with van der Waals surface area (Å²) in [6.45, 7) is 2.10. The van der Waals surface area contributed by atoms with Gasteiger partial charge < -0.3 is 9.47 Å². The molecule has 1 aliphatic carbocycles. The van der Waals surface area contributed by atoms with Crippen LogP contribution in [-0.4, -0.2) is 27.5 Å². The lowest BCUT2D eigenvalue weighted by atomic mass is 10.2. The highest BCUT2D eigenvalue weighted by Crippen LogP contribution is 2.28. The molecule has 26 heavy (non-hydrogen) atoms. The van der Waals surface area contributed by atoms with Crippen LogP contribution in [0.4, 0.5) is 0 Å². The summed E-state index contributed by atoms with van der Waals surface area (Å²) >= 11 is 0. The van der Waals surface area contributed by atoms with Crippen LogP contribution in [0.5, 0.6) is 5.75 Å². The molecule has 2 aromatic carbocycles. The van der Waals surface area contributed by atoms with Crippen LogP contribution < -0.4 is 9.46 Å². The summed E-state index contributed by atoms with van der Waals surface area (Å²) in [4.78, 5) is 12.3. The number of nitrogens with one attached hydrogen (secondary N) is 1. The topological polar surface area (TPSA) is 81.7 Å². The Balaban J connectivity index is 1.77. The Hall–Kier alpha value is -2.38. The van der Waals surface area contributed by atoms with Gasteiger partial charge in [-0.3, -0.25) is 0 Å². The first-order valence-electron chi connectivity index (χ1n) is 8.32. The Kier molecular flexibility index (Phi) is 5.29. The lowest BCUT2D eigenvalue weighted by Gasteiger charge is -2.12. The minimum absolute atomic E-state index is 0.0400. The number of carbonyl (C=O) groups excluding carboxylic acids is 1. The van der Waals surface area contributed by atoms with Crippen molar-refractivity contribution < 1.29 is 22.7 Å². The molecular formula is C19H21NO5S. The molecule has 1 aliphatic rings. The molecule has 1 saturated carbocycles. The fraction of sp³-hybridized carbons (Fsp3) is 0.316. The van der Waals surface area contributed by atoms with Crippen molar-refractivity contribution in [1.29, 1.82) is 0 Å². The molecule has 1 fully saturated rings. The molecule has 2 aromatic rings. The van der Waals surface area contributed by atoms with Gasteiger partial charge in [0.2, 0.25) is 10.0 Å². The van der Waals surface area contributed by atoms with Crippen molar-refractivity contribution in [3.8, 4) is 5.75 Å². The van der Waals surface area contributed by atoms with E-state index in [0.29, 0.717) is 0 Å². The van der Waals surface area contributed by atoms with Crippen LogP contribution in [0.15, 0.2) is 47.4 Å². The van der Waals surface area contributed by atoms with Crippen molar-refractivity contribution in [2.24, 2.45) is 0 Å². The van der Waals surface area contributed by atoms with Gasteiger partial charge in [0.05, 0.1) is 12.7 Å². The Labute approximate surface area is 153 Å². The second kappa shape index (κ2) is 7.47. The zero-order valence-corrected chi connectivity index (χ0v) is 15.5. The number of benzene rings is 2. The summed E-state index contributed by atoms with van der Waals surface area (Å²) in [7, 11) is -2.36. The van der Waals surface area contributed by atoms with Crippen molar-refractivity contribution in [3.63, 3.8) is 0 Å². The molecular weight excluding hydrogens is 354 g/mol. The lowest BCUT2D eigenvalue weighted by molar-refractivity contribution is 0.0472. The molecule has 0 unspecified atom stereocenters. The molecule has 0 atom stereocenters. The van der Waals surface area contributed by atoms with E-state index in [1.54, 1.807) is 0 Å². The van der Waals surface area contributed by atoms with Gasteiger partial charge in [0, 0.05) is 6.04 Å². The SMILES string of the molecule is COc1ccc(C(=O)OCc2ccc(C)cc2)cc1S(=O)(=O)NC1CC1. The Morgan fingerprint density at radius 1 is 1.15 bits per heavy atom. The first kappa shape index (κ1) is 18.4. The van der Waals surface area contributed by atoms with E-state index in [4.69, 9.17) is 9.47 Å². The van der Waals surface area contributed by atoms with Gasteiger partial charge in [-0.1, -0.05) is 29.8 Å². The Morgan fingerprint density at radius 3 is 2.46 bits per heavy atom. The number of methoxy groups -OCH3 is 1. The van der Waals surface area contributed by atoms with Crippen molar-refractivity contribution in [2.75, 3.05) is 7.11 Å². The van der Waals surface area contributed by atoms with Crippen molar-refractivity contribution in [1.82, 2.24) is 4.72 Å². The number of aryl methyl sites for hydroxylation is 1. The fourth-order valence-electron chi connectivity index (χ4n) is 2.41. The van der Waals surface area contributed by atoms with E-state index in [-0.39, 0.29) is 28.9 Å². The van der Waals surface area contributed by atoms with Gasteiger partial charge in [-0.05, 0) is 43.5 Å². The fourth-order valence-corrected chi connectivity index (χ4v) is 3.91. The van der Waals surface area contributed by atoms with Crippen LogP contribution in [-0.2, 0) is 21.4 Å². The van der Waals surface area contributed by atoms with E-state index in [9.17, 15) is 13.2 Å². The van der Waals surface area contributed by atoms with Crippen LogP contribution in [0.3, 0.4) is 0 Å². The predicted octanol–water partition coefficient (Wildman–Crippen LogP) is 2.80. The third-order valence-electron chi connectivity index (χ3n) is 4.08. The average molecular weight is 375 g/mol. The first-order chi connectivity index (χ1) is 12.4. The maximum atomic E-state index is 12.5. The second-order valence-electron chi connectivity index (χ2n) is 6.32. The molecule has 0 bridgehead atoms. The van der Waals surface area contributed by atoms with Crippen molar-refractivity contribution in [2.45, 2.75) is 37.3 Å². The Bertz CT molecular complexity index is 902. The molecule has 7 heteroatoms. The molecule has 0 saturated heterocycles. The third kappa shape index (κ3) is 4.42. The number of sulfonamides is 1. The molecule has 3 rings (SSSR count). The van der Waals surface area contributed by atoms with Gasteiger partial charge in [-0.15, -0.1) is 0 Å². The zero-order chi connectivity index (χ0) is 18.7. The largest absolute Gasteiger partial charge is 0.495 e. The van der Waals surface area contributed by atoms with Gasteiger partial charge in [-0.2, -0.15) is 0 Å². The minimum Gasteiger partial charge on any atom is -0.495 e. The molecule has 0 spiro atoms. The minimum atomic E-state index is -3.75. The maximum absolute atomic E-state index is 12.5. The highest BCUT2D eigenvalue weighted by Gasteiger charge is 2.30. The Morgan fingerprint density at radius 2 is 1.85 bits per heavy atom. The molecule has 6 nitrogen and oxygen atoms in total. The molecule has 138 valence electrons. The second-order valence-corrected chi connectivity index (χ2v) is 8.01. The molecule has 0 radical (unpaired) electrons. The summed E-state index contributed by atoms with van der Waals surface area (Å²) in [5, 5.41) is 0. The number of hydrogen-bond donors (Lipinski definition) is 1. The van der Waals surface area contributed by atoms with Gasteiger partial charge in [0.15, 0.2) is 0 Å². The number of carbonyl (C=O) groups is 1. The standard InChI is InChI=1S/C19H21NO5S/c1-13-3-5-14(6-4-13)12-25-19(21)15-7-10-17(24-2)18(11-15)26(22,23)20-16-8-9-16/h3-7,10-11,16,20H,8-9,12H2,1-2H3. The van der Waals surface area contributed by atoms with Crippen molar-refractivity contribution in [3.05, 3.63) is 59.2 Å². The number of hydrogen-bond acceptors (Lipinski definition) is 5. The molecule has 0 aliphatic heterocycles.